The van der Waals surface area contributed by atoms with Crippen molar-refractivity contribution in [3.05, 3.63) is 41.5 Å². The molecule has 1 aromatic rings. The van der Waals surface area contributed by atoms with Gasteiger partial charge in [0.25, 0.3) is 0 Å². The molecule has 0 atom stereocenters. The van der Waals surface area contributed by atoms with E-state index in [1.165, 1.54) is 12.1 Å². The number of rotatable bonds is 2. The van der Waals surface area contributed by atoms with Crippen molar-refractivity contribution in [3.63, 3.8) is 0 Å². The zero-order chi connectivity index (χ0) is 13.1. The van der Waals surface area contributed by atoms with Gasteiger partial charge in [-0.1, -0.05) is 12.1 Å². The SMILES string of the molecule is N#Cc1ccc(/C(=C/C(=O)O)C(F)(F)F)cc1. The third-order valence-corrected chi connectivity index (χ3v) is 1.90. The Morgan fingerprint density at radius 2 is 1.82 bits per heavy atom. The monoisotopic (exact) mass is 241 g/mol. The number of carbonyl (C=O) groups is 1. The number of alkyl halides is 3. The van der Waals surface area contributed by atoms with Gasteiger partial charge in [-0.2, -0.15) is 18.4 Å². The molecular weight excluding hydrogens is 235 g/mol. The highest BCUT2D eigenvalue weighted by Gasteiger charge is 2.35. The number of nitriles is 1. The van der Waals surface area contributed by atoms with E-state index in [4.69, 9.17) is 10.4 Å². The maximum absolute atomic E-state index is 12.6. The van der Waals surface area contributed by atoms with Crippen LogP contribution < -0.4 is 0 Å². The van der Waals surface area contributed by atoms with Crippen molar-refractivity contribution in [3.8, 4) is 6.07 Å². The van der Waals surface area contributed by atoms with E-state index in [9.17, 15) is 18.0 Å². The number of allylic oxidation sites excluding steroid dienone is 1. The van der Waals surface area contributed by atoms with E-state index in [-0.39, 0.29) is 17.2 Å². The summed E-state index contributed by atoms with van der Waals surface area (Å²) in [4.78, 5) is 10.3. The highest BCUT2D eigenvalue weighted by atomic mass is 19.4. The van der Waals surface area contributed by atoms with E-state index in [1.54, 1.807) is 6.07 Å². The van der Waals surface area contributed by atoms with Gasteiger partial charge in [0.15, 0.2) is 0 Å². The zero-order valence-electron chi connectivity index (χ0n) is 8.32. The van der Waals surface area contributed by atoms with Crippen LogP contribution in [0.15, 0.2) is 30.3 Å². The van der Waals surface area contributed by atoms with Gasteiger partial charge in [-0.3, -0.25) is 0 Å². The minimum Gasteiger partial charge on any atom is -0.478 e. The Hall–Kier alpha value is -2.29. The highest BCUT2D eigenvalue weighted by Crippen LogP contribution is 2.33. The van der Waals surface area contributed by atoms with Gasteiger partial charge < -0.3 is 5.11 Å². The molecule has 0 aliphatic heterocycles. The maximum Gasteiger partial charge on any atom is 0.417 e. The third kappa shape index (κ3) is 3.34. The first-order valence-corrected chi connectivity index (χ1v) is 4.37. The van der Waals surface area contributed by atoms with Gasteiger partial charge in [-0.25, -0.2) is 4.79 Å². The molecule has 3 nitrogen and oxygen atoms in total. The maximum atomic E-state index is 12.6. The summed E-state index contributed by atoms with van der Waals surface area (Å²) in [5.74, 6) is -1.68. The molecule has 0 saturated carbocycles. The molecule has 1 rings (SSSR count). The third-order valence-electron chi connectivity index (χ3n) is 1.90. The smallest absolute Gasteiger partial charge is 0.417 e. The Balaban J connectivity index is 3.24. The van der Waals surface area contributed by atoms with Crippen molar-refractivity contribution >= 4 is 11.5 Å². The highest BCUT2D eigenvalue weighted by molar-refractivity contribution is 5.91. The van der Waals surface area contributed by atoms with Gasteiger partial charge in [0.1, 0.15) is 0 Å². The predicted octanol–water partition coefficient (Wildman–Crippen LogP) is 2.59. The topological polar surface area (TPSA) is 61.1 Å². The summed E-state index contributed by atoms with van der Waals surface area (Å²) < 4.78 is 37.7. The van der Waals surface area contributed by atoms with Gasteiger partial charge in [-0.15, -0.1) is 0 Å². The molecule has 0 radical (unpaired) electrons. The van der Waals surface area contributed by atoms with Crippen LogP contribution in [0.3, 0.4) is 0 Å². The lowest BCUT2D eigenvalue weighted by atomic mass is 10.0. The second kappa shape index (κ2) is 4.70. The molecule has 0 saturated heterocycles. The number of hydrogen-bond donors (Lipinski definition) is 1. The van der Waals surface area contributed by atoms with E-state index < -0.39 is 17.7 Å². The minimum absolute atomic E-state index is 0.0986. The summed E-state index contributed by atoms with van der Waals surface area (Å²) >= 11 is 0. The van der Waals surface area contributed by atoms with Crippen LogP contribution in [0.25, 0.3) is 5.57 Å². The first kappa shape index (κ1) is 12.8. The molecule has 0 aliphatic rings. The molecule has 17 heavy (non-hydrogen) atoms. The van der Waals surface area contributed by atoms with Crippen LogP contribution in [-0.4, -0.2) is 17.3 Å². The number of aliphatic carboxylic acids is 1. The van der Waals surface area contributed by atoms with Crippen molar-refractivity contribution in [1.29, 1.82) is 5.26 Å². The number of carboxylic acids is 1. The Kier molecular flexibility index (Phi) is 3.53. The molecule has 0 aliphatic carbocycles. The van der Waals surface area contributed by atoms with Gasteiger partial charge in [0.2, 0.25) is 0 Å². The summed E-state index contributed by atoms with van der Waals surface area (Å²) in [6, 6.07) is 6.25. The average Bonchev–Trinajstić information content (AvgIpc) is 2.24. The average molecular weight is 241 g/mol. The van der Waals surface area contributed by atoms with Crippen molar-refractivity contribution < 1.29 is 23.1 Å². The molecule has 0 unspecified atom stereocenters. The van der Waals surface area contributed by atoms with E-state index in [2.05, 4.69) is 0 Å². The quantitative estimate of drug-likeness (QED) is 0.809. The Bertz CT molecular complexity index is 495. The largest absolute Gasteiger partial charge is 0.478 e. The summed E-state index contributed by atoms with van der Waals surface area (Å²) in [5, 5.41) is 16.9. The molecular formula is C11H6F3NO2. The molecule has 6 heteroatoms. The minimum atomic E-state index is -4.76. The van der Waals surface area contributed by atoms with Crippen LogP contribution in [0.5, 0.6) is 0 Å². The number of hydrogen-bond acceptors (Lipinski definition) is 2. The second-order valence-corrected chi connectivity index (χ2v) is 3.08. The van der Waals surface area contributed by atoms with Crippen molar-refractivity contribution in [2.45, 2.75) is 6.18 Å². The standard InChI is InChI=1S/C11H6F3NO2/c12-11(13,14)9(5-10(16)17)8-3-1-7(6-15)2-4-8/h1-5H,(H,16,17)/b9-5-. The van der Waals surface area contributed by atoms with E-state index in [1.807, 2.05) is 0 Å². The normalized spacial score (nSPS) is 12.0. The number of carboxylic acid groups (broad SMARTS) is 1. The molecule has 0 fully saturated rings. The predicted molar refractivity (Wildman–Crippen MR) is 52.8 cm³/mol. The Morgan fingerprint density at radius 1 is 1.29 bits per heavy atom. The molecule has 0 aromatic heterocycles. The van der Waals surface area contributed by atoms with Gasteiger partial charge in [0, 0.05) is 6.08 Å². The fourth-order valence-corrected chi connectivity index (χ4v) is 1.18. The Morgan fingerprint density at radius 3 is 2.18 bits per heavy atom. The molecule has 0 spiro atoms. The Labute approximate surface area is 94.4 Å². The van der Waals surface area contributed by atoms with Crippen LogP contribution in [0, 0.1) is 11.3 Å². The molecule has 0 amide bonds. The van der Waals surface area contributed by atoms with Gasteiger partial charge >= 0.3 is 12.1 Å². The van der Waals surface area contributed by atoms with Crippen molar-refractivity contribution in [2.24, 2.45) is 0 Å². The first-order valence-electron chi connectivity index (χ1n) is 4.37. The lowest BCUT2D eigenvalue weighted by molar-refractivity contribution is -0.131. The summed E-state index contributed by atoms with van der Waals surface area (Å²) in [7, 11) is 0. The molecule has 0 bridgehead atoms. The molecule has 1 N–H and O–H groups in total. The lowest BCUT2D eigenvalue weighted by Gasteiger charge is -2.11. The van der Waals surface area contributed by atoms with E-state index in [0.29, 0.717) is 0 Å². The van der Waals surface area contributed by atoms with E-state index >= 15 is 0 Å². The number of nitrogens with zero attached hydrogens (tertiary/aromatic N) is 1. The summed E-state index contributed by atoms with van der Waals surface area (Å²) in [6.07, 6.45) is -4.66. The summed E-state index contributed by atoms with van der Waals surface area (Å²) in [5.41, 5.74) is -1.35. The van der Waals surface area contributed by atoms with Crippen LogP contribution in [-0.2, 0) is 4.79 Å². The zero-order valence-corrected chi connectivity index (χ0v) is 8.32. The fourth-order valence-electron chi connectivity index (χ4n) is 1.18. The molecule has 88 valence electrons. The summed E-state index contributed by atoms with van der Waals surface area (Å²) in [6.45, 7) is 0. The van der Waals surface area contributed by atoms with Crippen LogP contribution >= 0.6 is 0 Å². The van der Waals surface area contributed by atoms with E-state index in [0.717, 1.165) is 12.1 Å². The van der Waals surface area contributed by atoms with Crippen molar-refractivity contribution in [1.82, 2.24) is 0 Å². The van der Waals surface area contributed by atoms with Gasteiger partial charge in [-0.05, 0) is 17.7 Å². The number of halogens is 3. The van der Waals surface area contributed by atoms with Gasteiger partial charge in [0.05, 0.1) is 17.2 Å². The van der Waals surface area contributed by atoms with Crippen LogP contribution in [0.2, 0.25) is 0 Å². The van der Waals surface area contributed by atoms with Crippen LogP contribution in [0.4, 0.5) is 13.2 Å². The second-order valence-electron chi connectivity index (χ2n) is 3.08. The molecule has 0 heterocycles. The first-order chi connectivity index (χ1) is 7.84. The molecule has 1 aromatic carbocycles. The van der Waals surface area contributed by atoms with Crippen LogP contribution in [0.1, 0.15) is 11.1 Å². The fraction of sp³-hybridized carbons (Fsp3) is 0.0909. The number of benzene rings is 1. The van der Waals surface area contributed by atoms with Crippen molar-refractivity contribution in [2.75, 3.05) is 0 Å². The lowest BCUT2D eigenvalue weighted by Crippen LogP contribution is -2.12.